The van der Waals surface area contributed by atoms with E-state index in [4.69, 9.17) is 0 Å². The van der Waals surface area contributed by atoms with Crippen LogP contribution in [0, 0.1) is 6.92 Å². The number of likely N-dealkylation sites (N-methyl/N-ethyl adjacent to an activating group) is 1. The van der Waals surface area contributed by atoms with Crippen molar-refractivity contribution in [3.63, 3.8) is 0 Å². The van der Waals surface area contributed by atoms with Crippen molar-refractivity contribution in [1.82, 2.24) is 9.88 Å². The average Bonchev–Trinajstić information content (AvgIpc) is 2.00. The normalized spacial score (nSPS) is 17.3. The number of hydrogen-bond acceptors (Lipinski definition) is 3. The lowest BCUT2D eigenvalue weighted by molar-refractivity contribution is 0.246. The van der Waals surface area contributed by atoms with E-state index in [1.165, 1.54) is 0 Å². The van der Waals surface area contributed by atoms with Crippen molar-refractivity contribution in [2.75, 3.05) is 32.1 Å². The van der Waals surface area contributed by atoms with Crippen LogP contribution in [-0.2, 0) is 0 Å². The van der Waals surface area contributed by atoms with Gasteiger partial charge in [0.2, 0.25) is 0 Å². The number of anilines is 1. The van der Waals surface area contributed by atoms with Gasteiger partial charge >= 0.3 is 0 Å². The fourth-order valence-corrected chi connectivity index (χ4v) is 1.67. The molecule has 0 atom stereocenters. The SMILES string of the molecule is Cc1cccc(N2CC(N(C)C)C2)n1. The Balaban J connectivity index is 2.00. The quantitative estimate of drug-likeness (QED) is 0.699. The number of rotatable bonds is 2. The van der Waals surface area contributed by atoms with Gasteiger partial charge in [-0.1, -0.05) is 6.07 Å². The highest BCUT2D eigenvalue weighted by atomic mass is 15.3. The number of hydrogen-bond donors (Lipinski definition) is 0. The van der Waals surface area contributed by atoms with E-state index in [1.54, 1.807) is 0 Å². The summed E-state index contributed by atoms with van der Waals surface area (Å²) in [6.45, 7) is 4.24. The molecule has 0 amide bonds. The standard InChI is InChI=1S/C11H17N3/c1-9-5-4-6-11(12-9)14-7-10(8-14)13(2)3/h4-6,10H,7-8H2,1-3H3. The highest BCUT2D eigenvalue weighted by molar-refractivity contribution is 5.42. The molecule has 76 valence electrons. The fraction of sp³-hybridized carbons (Fsp3) is 0.545. The van der Waals surface area contributed by atoms with Crippen LogP contribution in [0.4, 0.5) is 5.82 Å². The Morgan fingerprint density at radius 1 is 1.36 bits per heavy atom. The largest absolute Gasteiger partial charge is 0.353 e. The molecule has 2 rings (SSSR count). The van der Waals surface area contributed by atoms with E-state index in [9.17, 15) is 0 Å². The van der Waals surface area contributed by atoms with Crippen molar-refractivity contribution in [2.45, 2.75) is 13.0 Å². The van der Waals surface area contributed by atoms with Gasteiger partial charge < -0.3 is 9.80 Å². The summed E-state index contributed by atoms with van der Waals surface area (Å²) in [6, 6.07) is 6.88. The van der Waals surface area contributed by atoms with Gasteiger partial charge in [0.1, 0.15) is 5.82 Å². The summed E-state index contributed by atoms with van der Waals surface area (Å²) in [7, 11) is 4.26. The van der Waals surface area contributed by atoms with Gasteiger partial charge in [-0.3, -0.25) is 0 Å². The van der Waals surface area contributed by atoms with E-state index in [-0.39, 0.29) is 0 Å². The average molecular weight is 191 g/mol. The lowest BCUT2D eigenvalue weighted by atomic mass is 10.1. The van der Waals surface area contributed by atoms with Crippen molar-refractivity contribution in [2.24, 2.45) is 0 Å². The summed E-state index contributed by atoms with van der Waals surface area (Å²) in [5.74, 6) is 1.11. The predicted molar refractivity (Wildman–Crippen MR) is 58.7 cm³/mol. The summed E-state index contributed by atoms with van der Waals surface area (Å²) in [5.41, 5.74) is 1.09. The maximum absolute atomic E-state index is 4.50. The molecule has 3 nitrogen and oxygen atoms in total. The van der Waals surface area contributed by atoms with Crippen LogP contribution < -0.4 is 4.90 Å². The summed E-state index contributed by atoms with van der Waals surface area (Å²) in [6.07, 6.45) is 0. The van der Waals surface area contributed by atoms with Gasteiger partial charge in [-0.05, 0) is 33.2 Å². The maximum Gasteiger partial charge on any atom is 0.128 e. The molecule has 1 aliphatic heterocycles. The third kappa shape index (κ3) is 1.73. The molecule has 0 aliphatic carbocycles. The third-order valence-electron chi connectivity index (χ3n) is 2.79. The van der Waals surface area contributed by atoms with Crippen molar-refractivity contribution >= 4 is 5.82 Å². The lowest BCUT2D eigenvalue weighted by Crippen LogP contribution is -2.57. The van der Waals surface area contributed by atoms with Crippen LogP contribution in [-0.4, -0.2) is 43.1 Å². The van der Waals surface area contributed by atoms with Gasteiger partial charge in [0, 0.05) is 24.8 Å². The molecule has 3 heteroatoms. The highest BCUT2D eigenvalue weighted by Crippen LogP contribution is 2.20. The van der Waals surface area contributed by atoms with Gasteiger partial charge in [0.15, 0.2) is 0 Å². The van der Waals surface area contributed by atoms with Crippen LogP contribution in [0.2, 0.25) is 0 Å². The van der Waals surface area contributed by atoms with E-state index in [0.29, 0.717) is 6.04 Å². The highest BCUT2D eigenvalue weighted by Gasteiger charge is 2.28. The molecule has 0 saturated carbocycles. The number of aryl methyl sites for hydroxylation is 1. The Morgan fingerprint density at radius 3 is 2.64 bits per heavy atom. The minimum absolute atomic E-state index is 0.692. The Morgan fingerprint density at radius 2 is 2.07 bits per heavy atom. The monoisotopic (exact) mass is 191 g/mol. The molecule has 1 saturated heterocycles. The summed E-state index contributed by atoms with van der Waals surface area (Å²) < 4.78 is 0. The van der Waals surface area contributed by atoms with E-state index >= 15 is 0 Å². The van der Waals surface area contributed by atoms with Crippen LogP contribution in [0.3, 0.4) is 0 Å². The maximum atomic E-state index is 4.50. The van der Waals surface area contributed by atoms with Crippen molar-refractivity contribution in [3.05, 3.63) is 23.9 Å². The van der Waals surface area contributed by atoms with Gasteiger partial charge in [-0.25, -0.2) is 4.98 Å². The van der Waals surface area contributed by atoms with Crippen LogP contribution in [0.1, 0.15) is 5.69 Å². The number of nitrogens with zero attached hydrogens (tertiary/aromatic N) is 3. The van der Waals surface area contributed by atoms with Gasteiger partial charge in [0.05, 0.1) is 0 Å². The van der Waals surface area contributed by atoms with Crippen LogP contribution in [0.5, 0.6) is 0 Å². The summed E-state index contributed by atoms with van der Waals surface area (Å²) in [4.78, 5) is 9.08. The molecule has 0 unspecified atom stereocenters. The second kappa shape index (κ2) is 3.58. The lowest BCUT2D eigenvalue weighted by Gasteiger charge is -2.43. The Bertz CT molecular complexity index is 316. The first-order valence-corrected chi connectivity index (χ1v) is 5.02. The third-order valence-corrected chi connectivity index (χ3v) is 2.79. The summed E-state index contributed by atoms with van der Waals surface area (Å²) >= 11 is 0. The number of aromatic nitrogens is 1. The van der Waals surface area contributed by atoms with Crippen LogP contribution >= 0.6 is 0 Å². The summed E-state index contributed by atoms with van der Waals surface area (Å²) in [5, 5.41) is 0. The second-order valence-corrected chi connectivity index (χ2v) is 4.16. The minimum Gasteiger partial charge on any atom is -0.353 e. The fourth-order valence-electron chi connectivity index (χ4n) is 1.67. The molecule has 0 aromatic carbocycles. The molecule has 0 N–H and O–H groups in total. The van der Waals surface area contributed by atoms with E-state index < -0.39 is 0 Å². The minimum atomic E-state index is 0.692. The zero-order chi connectivity index (χ0) is 10.1. The van der Waals surface area contributed by atoms with Crippen molar-refractivity contribution in [3.8, 4) is 0 Å². The van der Waals surface area contributed by atoms with E-state index in [2.05, 4.69) is 41.0 Å². The van der Waals surface area contributed by atoms with Crippen molar-refractivity contribution in [1.29, 1.82) is 0 Å². The van der Waals surface area contributed by atoms with E-state index in [1.807, 2.05) is 13.0 Å². The zero-order valence-electron chi connectivity index (χ0n) is 9.07. The topological polar surface area (TPSA) is 19.4 Å². The number of pyridine rings is 1. The predicted octanol–water partition coefficient (Wildman–Crippen LogP) is 1.14. The Labute approximate surface area is 85.4 Å². The Hall–Kier alpha value is -1.09. The van der Waals surface area contributed by atoms with Gasteiger partial charge in [-0.2, -0.15) is 0 Å². The van der Waals surface area contributed by atoms with Gasteiger partial charge in [0.25, 0.3) is 0 Å². The molecular weight excluding hydrogens is 174 g/mol. The first-order chi connectivity index (χ1) is 6.66. The van der Waals surface area contributed by atoms with E-state index in [0.717, 1.165) is 24.6 Å². The molecule has 0 radical (unpaired) electrons. The van der Waals surface area contributed by atoms with Crippen LogP contribution in [0.25, 0.3) is 0 Å². The Kier molecular flexibility index (Phi) is 2.42. The molecule has 1 fully saturated rings. The first kappa shape index (κ1) is 9.46. The molecule has 2 heterocycles. The molecule has 0 bridgehead atoms. The second-order valence-electron chi connectivity index (χ2n) is 4.16. The van der Waals surface area contributed by atoms with Crippen LogP contribution in [0.15, 0.2) is 18.2 Å². The van der Waals surface area contributed by atoms with Crippen molar-refractivity contribution < 1.29 is 0 Å². The zero-order valence-corrected chi connectivity index (χ0v) is 9.07. The molecule has 0 spiro atoms. The first-order valence-electron chi connectivity index (χ1n) is 5.02. The van der Waals surface area contributed by atoms with Gasteiger partial charge in [-0.15, -0.1) is 0 Å². The molecular formula is C11H17N3. The molecule has 1 aromatic rings. The smallest absolute Gasteiger partial charge is 0.128 e. The molecule has 1 aliphatic rings. The molecule has 14 heavy (non-hydrogen) atoms. The molecule has 1 aromatic heterocycles.